The van der Waals surface area contributed by atoms with E-state index in [1.807, 2.05) is 10.7 Å². The van der Waals surface area contributed by atoms with Gasteiger partial charge < -0.3 is 5.32 Å². The van der Waals surface area contributed by atoms with Gasteiger partial charge >= 0.3 is 0 Å². The fraction of sp³-hybridized carbons (Fsp3) is 0.650. The highest BCUT2D eigenvalue weighted by Crippen LogP contribution is 2.30. The van der Waals surface area contributed by atoms with E-state index >= 15 is 0 Å². The third-order valence-corrected chi connectivity index (χ3v) is 6.42. The molecule has 134 valence electrons. The van der Waals surface area contributed by atoms with Crippen LogP contribution in [0.25, 0.3) is 5.65 Å². The molecule has 4 unspecified atom stereocenters. The van der Waals surface area contributed by atoms with E-state index < -0.39 is 0 Å². The molecule has 0 spiro atoms. The van der Waals surface area contributed by atoms with Gasteiger partial charge in [-0.2, -0.15) is 5.10 Å². The highest BCUT2D eigenvalue weighted by atomic mass is 16.1. The van der Waals surface area contributed by atoms with Crippen molar-refractivity contribution >= 4 is 11.6 Å². The summed E-state index contributed by atoms with van der Waals surface area (Å²) < 4.78 is 1.89. The maximum atomic E-state index is 12.9. The molecule has 4 rings (SSSR count). The van der Waals surface area contributed by atoms with Crippen LogP contribution in [0, 0.1) is 17.8 Å². The molecule has 1 N–H and O–H groups in total. The maximum Gasteiger partial charge on any atom is 0.256 e. The predicted octanol–water partition coefficient (Wildman–Crippen LogP) is 3.41. The number of rotatable bonds is 2. The number of carbonyl (C=O) groups is 1. The summed E-state index contributed by atoms with van der Waals surface area (Å²) in [6, 6.07) is 0.254. The number of fused-ring (bicyclic) bond motifs is 3. The molecule has 2 aromatic heterocycles. The molecular weight excluding hydrogens is 312 g/mol. The smallest absolute Gasteiger partial charge is 0.256 e. The van der Waals surface area contributed by atoms with E-state index in [9.17, 15) is 4.79 Å². The second-order valence-corrected chi connectivity index (χ2v) is 8.22. The minimum absolute atomic E-state index is 0.0300. The van der Waals surface area contributed by atoms with E-state index in [1.165, 1.54) is 30.5 Å². The van der Waals surface area contributed by atoms with Crippen molar-refractivity contribution in [2.75, 3.05) is 0 Å². The summed E-state index contributed by atoms with van der Waals surface area (Å²) in [5.41, 5.74) is 3.80. The minimum Gasteiger partial charge on any atom is -0.349 e. The van der Waals surface area contributed by atoms with Gasteiger partial charge in [0.2, 0.25) is 0 Å². The van der Waals surface area contributed by atoms with Crippen molar-refractivity contribution in [1.82, 2.24) is 19.9 Å². The minimum atomic E-state index is -0.0300. The summed E-state index contributed by atoms with van der Waals surface area (Å²) in [5.74, 6) is 1.84. The molecule has 0 saturated heterocycles. The first-order valence-corrected chi connectivity index (χ1v) is 9.70. The van der Waals surface area contributed by atoms with Gasteiger partial charge in [0.15, 0.2) is 5.65 Å². The Morgan fingerprint density at radius 2 is 2.04 bits per heavy atom. The van der Waals surface area contributed by atoms with Gasteiger partial charge in [-0.1, -0.05) is 33.6 Å². The van der Waals surface area contributed by atoms with Crippen LogP contribution in [0.2, 0.25) is 0 Å². The number of amides is 1. The summed E-state index contributed by atoms with van der Waals surface area (Å²) in [7, 11) is 0. The van der Waals surface area contributed by atoms with E-state index in [0.29, 0.717) is 29.0 Å². The zero-order valence-electron chi connectivity index (χ0n) is 15.5. The van der Waals surface area contributed by atoms with Gasteiger partial charge in [-0.25, -0.2) is 9.50 Å². The molecule has 5 heteroatoms. The molecule has 2 heterocycles. The van der Waals surface area contributed by atoms with Gasteiger partial charge in [-0.15, -0.1) is 0 Å². The summed E-state index contributed by atoms with van der Waals surface area (Å²) in [6.45, 7) is 6.81. The van der Waals surface area contributed by atoms with Crippen LogP contribution in [0.3, 0.4) is 0 Å². The molecule has 1 saturated carbocycles. The fourth-order valence-electron chi connectivity index (χ4n) is 4.50. The standard InChI is InChI=1S/C20H28N4O/c1-12-7-8-18-15(9-12)10-21-19-16(11-22-24(18)19)20(25)23-17-6-4-5-13(2)14(17)3/h10-14,17H,4-9H2,1-3H3,(H,23,25). The van der Waals surface area contributed by atoms with Gasteiger partial charge in [-0.3, -0.25) is 4.79 Å². The first kappa shape index (κ1) is 16.6. The van der Waals surface area contributed by atoms with Crippen LogP contribution in [-0.4, -0.2) is 26.5 Å². The second-order valence-electron chi connectivity index (χ2n) is 8.22. The van der Waals surface area contributed by atoms with E-state index in [2.05, 4.69) is 36.2 Å². The van der Waals surface area contributed by atoms with Crippen molar-refractivity contribution in [3.8, 4) is 0 Å². The fourth-order valence-corrected chi connectivity index (χ4v) is 4.50. The summed E-state index contributed by atoms with van der Waals surface area (Å²) in [4.78, 5) is 17.4. The van der Waals surface area contributed by atoms with Crippen molar-refractivity contribution in [3.05, 3.63) is 29.2 Å². The first-order valence-electron chi connectivity index (χ1n) is 9.70. The third kappa shape index (κ3) is 2.94. The molecule has 0 aromatic carbocycles. The predicted molar refractivity (Wildman–Crippen MR) is 97.6 cm³/mol. The lowest BCUT2D eigenvalue weighted by molar-refractivity contribution is 0.0892. The van der Waals surface area contributed by atoms with Gasteiger partial charge in [0.1, 0.15) is 5.56 Å². The third-order valence-electron chi connectivity index (χ3n) is 6.42. The normalized spacial score (nSPS) is 29.4. The lowest BCUT2D eigenvalue weighted by atomic mass is 9.78. The molecular formula is C20H28N4O. The van der Waals surface area contributed by atoms with Crippen LogP contribution in [0.4, 0.5) is 0 Å². The van der Waals surface area contributed by atoms with Crippen LogP contribution >= 0.6 is 0 Å². The van der Waals surface area contributed by atoms with Crippen molar-refractivity contribution in [2.45, 2.75) is 65.3 Å². The van der Waals surface area contributed by atoms with Crippen LogP contribution in [-0.2, 0) is 12.8 Å². The number of aromatic nitrogens is 3. The Kier molecular flexibility index (Phi) is 4.26. The zero-order chi connectivity index (χ0) is 17.6. The van der Waals surface area contributed by atoms with Crippen molar-refractivity contribution in [1.29, 1.82) is 0 Å². The average molecular weight is 340 g/mol. The number of aryl methyl sites for hydroxylation is 1. The molecule has 2 aliphatic rings. The van der Waals surface area contributed by atoms with Crippen molar-refractivity contribution in [2.24, 2.45) is 17.8 Å². The molecule has 5 nitrogen and oxygen atoms in total. The highest BCUT2D eigenvalue weighted by Gasteiger charge is 2.29. The Labute approximate surface area is 149 Å². The largest absolute Gasteiger partial charge is 0.349 e. The average Bonchev–Trinajstić information content (AvgIpc) is 3.03. The molecule has 0 radical (unpaired) electrons. The second kappa shape index (κ2) is 6.43. The number of carbonyl (C=O) groups excluding carboxylic acids is 1. The SMILES string of the molecule is CC1CCc2c(cnc3c(C(=O)NC4CCCC(C)C4C)cnn23)C1. The van der Waals surface area contributed by atoms with Crippen molar-refractivity contribution < 1.29 is 4.79 Å². The molecule has 0 aliphatic heterocycles. The Morgan fingerprint density at radius 3 is 2.88 bits per heavy atom. The Balaban J connectivity index is 1.60. The van der Waals surface area contributed by atoms with Gasteiger partial charge in [0, 0.05) is 17.9 Å². The molecule has 2 aromatic rings. The molecule has 1 fully saturated rings. The Morgan fingerprint density at radius 1 is 1.20 bits per heavy atom. The quantitative estimate of drug-likeness (QED) is 0.911. The van der Waals surface area contributed by atoms with Gasteiger partial charge in [0.25, 0.3) is 5.91 Å². The lowest BCUT2D eigenvalue weighted by Crippen LogP contribution is -2.43. The molecule has 0 bridgehead atoms. The number of hydrogen-bond donors (Lipinski definition) is 1. The Bertz CT molecular complexity index is 796. The molecule has 2 aliphatic carbocycles. The lowest BCUT2D eigenvalue weighted by Gasteiger charge is -2.34. The summed E-state index contributed by atoms with van der Waals surface area (Å²) in [5, 5.41) is 7.75. The maximum absolute atomic E-state index is 12.9. The highest BCUT2D eigenvalue weighted by molar-refractivity contribution is 5.99. The van der Waals surface area contributed by atoms with Gasteiger partial charge in [0.05, 0.1) is 6.20 Å². The zero-order valence-corrected chi connectivity index (χ0v) is 15.5. The van der Waals surface area contributed by atoms with E-state index in [4.69, 9.17) is 0 Å². The topological polar surface area (TPSA) is 59.3 Å². The number of hydrogen-bond acceptors (Lipinski definition) is 3. The first-order chi connectivity index (χ1) is 12.0. The van der Waals surface area contributed by atoms with Crippen molar-refractivity contribution in [3.63, 3.8) is 0 Å². The number of nitrogens with zero attached hydrogens (tertiary/aromatic N) is 3. The summed E-state index contributed by atoms with van der Waals surface area (Å²) in [6.07, 6.45) is 10.4. The Hall–Kier alpha value is -1.91. The monoisotopic (exact) mass is 340 g/mol. The molecule has 1 amide bonds. The van der Waals surface area contributed by atoms with E-state index in [-0.39, 0.29) is 11.9 Å². The molecule has 25 heavy (non-hydrogen) atoms. The van der Waals surface area contributed by atoms with Gasteiger partial charge in [-0.05, 0) is 49.0 Å². The van der Waals surface area contributed by atoms with Crippen LogP contribution in [0.15, 0.2) is 12.4 Å². The van der Waals surface area contributed by atoms with Crippen LogP contribution in [0.5, 0.6) is 0 Å². The molecule has 4 atom stereocenters. The van der Waals surface area contributed by atoms with E-state index in [1.54, 1.807) is 6.20 Å². The van der Waals surface area contributed by atoms with Crippen LogP contribution < -0.4 is 5.32 Å². The number of nitrogens with one attached hydrogen (secondary N) is 1. The van der Waals surface area contributed by atoms with E-state index in [0.717, 1.165) is 19.3 Å². The summed E-state index contributed by atoms with van der Waals surface area (Å²) >= 11 is 0. The van der Waals surface area contributed by atoms with Crippen LogP contribution in [0.1, 0.15) is 68.1 Å².